The zero-order chi connectivity index (χ0) is 72.6. The molecule has 0 aliphatic carbocycles. The molecule has 0 fully saturated rings. The van der Waals surface area contributed by atoms with Gasteiger partial charge in [0.25, 0.3) is 0 Å². The summed E-state index contributed by atoms with van der Waals surface area (Å²) < 4.78 is 5.34. The van der Waals surface area contributed by atoms with Gasteiger partial charge in [-0.3, -0.25) is 9.97 Å². The first-order valence-electron chi connectivity index (χ1n) is 37.3. The Morgan fingerprint density at radius 3 is 1.05 bits per heavy atom. The van der Waals surface area contributed by atoms with Crippen molar-refractivity contribution in [3.8, 4) is 112 Å². The summed E-state index contributed by atoms with van der Waals surface area (Å²) in [6.45, 7) is 0. The van der Waals surface area contributed by atoms with Crippen molar-refractivity contribution in [1.29, 1.82) is 0 Å². The van der Waals surface area contributed by atoms with Crippen molar-refractivity contribution in [3.05, 3.63) is 389 Å². The van der Waals surface area contributed by atoms with Crippen molar-refractivity contribution in [1.82, 2.24) is 19.9 Å². The first-order chi connectivity index (χ1) is 54.5. The first kappa shape index (κ1) is 64.5. The van der Waals surface area contributed by atoms with E-state index in [4.69, 9.17) is 9.97 Å². The highest BCUT2D eigenvalue weighted by molar-refractivity contribution is 7.26. The SMILES string of the molecule is c1ccc(-c2cc(-c3ccc(-c4ccc5c(c4)c4ccccc4c4c5ccc5sc6ccccc6c54)cc3)nc(-c3ccc(-c4ccccn4)cc3)c2)cc1.c1ccc(-c2cc(-c3ccc(-c4cccnc4)cc3)nc(-c3ccc(-c4ccc5c(c4)c4ccccc4c4cc6c(cc54)sc4ccccc46)cc3)c2)cc1. The van der Waals surface area contributed by atoms with Gasteiger partial charge in [0.15, 0.2) is 0 Å². The van der Waals surface area contributed by atoms with Crippen molar-refractivity contribution in [2.24, 2.45) is 0 Å². The van der Waals surface area contributed by atoms with E-state index in [-0.39, 0.29) is 0 Å². The molecule has 6 heterocycles. The molecule has 0 saturated carbocycles. The standard InChI is InChI=1S/2C52H32N2S/c1-2-10-33(11-3-1)39-31-47(54-48(32-39)37-23-21-35(22-24-37)46-15-8-9-29-53-46)36-19-17-34(18-20-36)38-25-26-41-43-27-28-50-52(44-14-6-7-16-49(44)55-50)51(43)42-13-5-4-12-40(42)45(41)30-38;1-2-9-33(10-3-1)40-28-49(54-50(29-40)37-22-18-35(19-23-37)39-11-8-26-53-32-39)36-20-16-34(17-21-36)38-24-25-43-45(27-38)41-12-4-5-13-42(41)46-30-48-44-14-6-7-15-51(44)55-52(48)31-47(43)46/h2*1-32H. The van der Waals surface area contributed by atoms with Gasteiger partial charge in [0, 0.05) is 86.8 Å². The lowest BCUT2D eigenvalue weighted by molar-refractivity contribution is 1.31. The largest absolute Gasteiger partial charge is 0.264 e. The predicted molar refractivity (Wildman–Crippen MR) is 469 cm³/mol. The van der Waals surface area contributed by atoms with Crippen LogP contribution in [0.2, 0.25) is 0 Å². The molecular formula is C104H64N4S2. The summed E-state index contributed by atoms with van der Waals surface area (Å²) in [6, 6.07) is 134. The van der Waals surface area contributed by atoms with Crippen molar-refractivity contribution >= 4 is 128 Å². The molecule has 512 valence electrons. The van der Waals surface area contributed by atoms with Crippen LogP contribution < -0.4 is 0 Å². The number of fused-ring (bicyclic) bond motifs is 19. The summed E-state index contributed by atoms with van der Waals surface area (Å²) >= 11 is 3.76. The van der Waals surface area contributed by atoms with E-state index in [1.54, 1.807) is 6.20 Å². The van der Waals surface area contributed by atoms with Crippen LogP contribution in [0.15, 0.2) is 389 Å². The summed E-state index contributed by atoms with van der Waals surface area (Å²) in [7, 11) is 0. The summed E-state index contributed by atoms with van der Waals surface area (Å²) in [5.41, 5.74) is 21.7. The van der Waals surface area contributed by atoms with Gasteiger partial charge in [0.1, 0.15) is 0 Å². The highest BCUT2D eigenvalue weighted by Crippen LogP contribution is 2.47. The fourth-order valence-corrected chi connectivity index (χ4v) is 18.7. The molecule has 16 aromatic carbocycles. The Bertz CT molecular complexity index is 7310. The molecule has 0 radical (unpaired) electrons. The Morgan fingerprint density at radius 1 is 0.164 bits per heavy atom. The van der Waals surface area contributed by atoms with Gasteiger partial charge >= 0.3 is 0 Å². The Hall–Kier alpha value is -13.9. The second-order valence-corrected chi connectivity index (χ2v) is 30.5. The smallest absolute Gasteiger partial charge is 0.0715 e. The van der Waals surface area contributed by atoms with Gasteiger partial charge in [-0.15, -0.1) is 22.7 Å². The summed E-state index contributed by atoms with van der Waals surface area (Å²) in [4.78, 5) is 19.3. The number of pyridine rings is 4. The second-order valence-electron chi connectivity index (χ2n) is 28.3. The Labute approximate surface area is 643 Å². The molecule has 0 saturated heterocycles. The quantitative estimate of drug-likeness (QED) is 0.128. The van der Waals surface area contributed by atoms with Crippen LogP contribution >= 0.6 is 22.7 Å². The molecule has 22 rings (SSSR count). The van der Waals surface area contributed by atoms with Gasteiger partial charge in [-0.05, 0) is 205 Å². The molecule has 6 heteroatoms. The van der Waals surface area contributed by atoms with Crippen molar-refractivity contribution in [2.45, 2.75) is 0 Å². The molecule has 110 heavy (non-hydrogen) atoms. The van der Waals surface area contributed by atoms with Crippen LogP contribution in [0.1, 0.15) is 0 Å². The molecule has 0 aliphatic heterocycles. The normalized spacial score (nSPS) is 11.6. The number of hydrogen-bond acceptors (Lipinski definition) is 6. The summed E-state index contributed by atoms with van der Waals surface area (Å²) in [5, 5.41) is 20.9. The lowest BCUT2D eigenvalue weighted by Crippen LogP contribution is -1.92. The second kappa shape index (κ2) is 27.2. The molecule has 0 aliphatic rings. The third-order valence-electron chi connectivity index (χ3n) is 21.9. The average Bonchev–Trinajstić information content (AvgIpc) is 1.43. The number of thiophene rings is 2. The molecular weight excluding hydrogens is 1370 g/mol. The van der Waals surface area contributed by atoms with Gasteiger partial charge in [0.05, 0.1) is 28.5 Å². The molecule has 0 spiro atoms. The van der Waals surface area contributed by atoms with E-state index in [2.05, 4.69) is 356 Å². The third kappa shape index (κ3) is 11.6. The molecule has 0 atom stereocenters. The van der Waals surface area contributed by atoms with Gasteiger partial charge in [-0.25, -0.2) is 9.97 Å². The number of benzene rings is 16. The van der Waals surface area contributed by atoms with Crippen LogP contribution in [0.25, 0.3) is 217 Å². The minimum absolute atomic E-state index is 0.939. The molecule has 0 N–H and O–H groups in total. The lowest BCUT2D eigenvalue weighted by atomic mass is 9.90. The zero-order valence-corrected chi connectivity index (χ0v) is 61.2. The highest BCUT2D eigenvalue weighted by atomic mass is 32.1. The number of nitrogens with zero attached hydrogens (tertiary/aromatic N) is 4. The van der Waals surface area contributed by atoms with Crippen molar-refractivity contribution < 1.29 is 0 Å². The van der Waals surface area contributed by atoms with Crippen LogP contribution in [0.4, 0.5) is 0 Å². The van der Waals surface area contributed by atoms with E-state index < -0.39 is 0 Å². The monoisotopic (exact) mass is 1430 g/mol. The van der Waals surface area contributed by atoms with Crippen LogP contribution in [0.3, 0.4) is 0 Å². The third-order valence-corrected chi connectivity index (χ3v) is 24.2. The Balaban J connectivity index is 0.000000140. The van der Waals surface area contributed by atoms with Gasteiger partial charge in [-0.1, -0.05) is 285 Å². The highest BCUT2D eigenvalue weighted by Gasteiger charge is 2.20. The summed E-state index contributed by atoms with van der Waals surface area (Å²) in [6.07, 6.45) is 5.54. The zero-order valence-electron chi connectivity index (χ0n) is 59.6. The molecule has 6 aromatic heterocycles. The van der Waals surface area contributed by atoms with E-state index in [9.17, 15) is 0 Å². The minimum Gasteiger partial charge on any atom is -0.264 e. The van der Waals surface area contributed by atoms with E-state index in [0.29, 0.717) is 0 Å². The topological polar surface area (TPSA) is 51.6 Å². The van der Waals surface area contributed by atoms with Crippen LogP contribution in [0, 0.1) is 0 Å². The first-order valence-corrected chi connectivity index (χ1v) is 38.9. The Kier molecular flexibility index (Phi) is 15.9. The number of rotatable bonds is 10. The number of aromatic nitrogens is 4. The maximum Gasteiger partial charge on any atom is 0.0715 e. The molecule has 22 aromatic rings. The fraction of sp³-hybridized carbons (Fsp3) is 0. The van der Waals surface area contributed by atoms with Crippen molar-refractivity contribution in [2.75, 3.05) is 0 Å². The maximum atomic E-state index is 5.23. The molecule has 0 bridgehead atoms. The van der Waals surface area contributed by atoms with E-state index in [1.165, 1.54) is 133 Å². The lowest BCUT2D eigenvalue weighted by Gasteiger charge is -2.14. The fourth-order valence-electron chi connectivity index (χ4n) is 16.4. The average molecular weight is 1430 g/mol. The van der Waals surface area contributed by atoms with Crippen LogP contribution in [0.5, 0.6) is 0 Å². The maximum absolute atomic E-state index is 5.23. The predicted octanol–water partition coefficient (Wildman–Crippen LogP) is 29.3. The van der Waals surface area contributed by atoms with Gasteiger partial charge in [0.2, 0.25) is 0 Å². The molecule has 4 nitrogen and oxygen atoms in total. The van der Waals surface area contributed by atoms with Gasteiger partial charge in [-0.2, -0.15) is 0 Å². The van der Waals surface area contributed by atoms with Gasteiger partial charge < -0.3 is 0 Å². The number of hydrogen-bond donors (Lipinski definition) is 0. The Morgan fingerprint density at radius 2 is 0.527 bits per heavy atom. The molecule has 0 amide bonds. The van der Waals surface area contributed by atoms with Crippen LogP contribution in [-0.2, 0) is 0 Å². The van der Waals surface area contributed by atoms with E-state index >= 15 is 0 Å². The summed E-state index contributed by atoms with van der Waals surface area (Å²) in [5.74, 6) is 0. The molecule has 0 unspecified atom stereocenters. The van der Waals surface area contributed by atoms with Crippen LogP contribution in [-0.4, -0.2) is 19.9 Å². The minimum atomic E-state index is 0.939. The van der Waals surface area contributed by atoms with Crippen molar-refractivity contribution in [3.63, 3.8) is 0 Å². The van der Waals surface area contributed by atoms with E-state index in [1.807, 2.05) is 59.3 Å². The van der Waals surface area contributed by atoms with E-state index in [0.717, 1.165) is 84.1 Å².